The van der Waals surface area contributed by atoms with Crippen LogP contribution in [0.1, 0.15) is 10.4 Å². The summed E-state index contributed by atoms with van der Waals surface area (Å²) in [6, 6.07) is 21.6. The molecule has 148 valence electrons. The summed E-state index contributed by atoms with van der Waals surface area (Å²) in [6.07, 6.45) is 0. The molecule has 0 bridgehead atoms. The number of halogens is 1. The van der Waals surface area contributed by atoms with Crippen molar-refractivity contribution in [1.82, 2.24) is 0 Å². The summed E-state index contributed by atoms with van der Waals surface area (Å²) >= 11 is 11.4. The number of thiocarbonyl (C=S) groups is 1. The lowest BCUT2D eigenvalue weighted by Crippen LogP contribution is -2.17. The number of rotatable bonds is 5. The zero-order valence-electron chi connectivity index (χ0n) is 16.0. The first-order valence-corrected chi connectivity index (χ1v) is 9.63. The highest BCUT2D eigenvalue weighted by Gasteiger charge is 2.10. The van der Waals surface area contributed by atoms with Crippen LogP contribution in [-0.4, -0.2) is 25.2 Å². The van der Waals surface area contributed by atoms with Crippen LogP contribution in [0.4, 0.5) is 17.1 Å². The van der Waals surface area contributed by atoms with Crippen molar-refractivity contribution in [1.29, 1.82) is 0 Å². The molecule has 3 aromatic rings. The summed E-state index contributed by atoms with van der Waals surface area (Å²) in [5.41, 5.74) is 2.87. The number of benzene rings is 3. The summed E-state index contributed by atoms with van der Waals surface area (Å²) in [4.78, 5) is 14.5. The first-order chi connectivity index (χ1) is 13.9. The Balaban J connectivity index is 1.63. The third-order valence-corrected chi connectivity index (χ3v) is 4.57. The second kappa shape index (κ2) is 9.41. The van der Waals surface area contributed by atoms with E-state index in [-0.39, 0.29) is 11.1 Å². The zero-order valence-corrected chi connectivity index (χ0v) is 17.6. The Morgan fingerprint density at radius 2 is 1.69 bits per heavy atom. The lowest BCUT2D eigenvalue weighted by molar-refractivity contribution is 0.102. The Hall–Kier alpha value is -3.09. The molecular formula is C22H20ClN3O2S. The number of carbonyl (C=O) groups is 1. The van der Waals surface area contributed by atoms with E-state index in [0.717, 1.165) is 11.4 Å². The molecule has 0 radical (unpaired) electrons. The highest BCUT2D eigenvalue weighted by Crippen LogP contribution is 2.22. The van der Waals surface area contributed by atoms with Gasteiger partial charge in [0.2, 0.25) is 0 Å². The number of amides is 1. The van der Waals surface area contributed by atoms with Crippen molar-refractivity contribution in [2.24, 2.45) is 0 Å². The number of nitrogens with one attached hydrogen (secondary N) is 2. The molecule has 3 aromatic carbocycles. The van der Waals surface area contributed by atoms with E-state index in [9.17, 15) is 4.79 Å². The predicted molar refractivity (Wildman–Crippen MR) is 123 cm³/mol. The number of nitrogens with zero attached hydrogens (tertiary/aromatic N) is 1. The van der Waals surface area contributed by atoms with Crippen molar-refractivity contribution in [2.45, 2.75) is 0 Å². The quantitative estimate of drug-likeness (QED) is 0.533. The van der Waals surface area contributed by atoms with Crippen LogP contribution in [-0.2, 0) is 0 Å². The maximum atomic E-state index is 12.5. The van der Waals surface area contributed by atoms with Gasteiger partial charge in [-0.3, -0.25) is 4.79 Å². The van der Waals surface area contributed by atoms with Gasteiger partial charge in [0.25, 0.3) is 11.1 Å². The van der Waals surface area contributed by atoms with Crippen molar-refractivity contribution >= 4 is 52.0 Å². The Morgan fingerprint density at radius 1 is 0.966 bits per heavy atom. The van der Waals surface area contributed by atoms with Crippen LogP contribution in [0.15, 0.2) is 72.8 Å². The highest BCUT2D eigenvalue weighted by atomic mass is 35.5. The number of carbonyl (C=O) groups excluding carboxylic acids is 1. The Kier molecular flexibility index (Phi) is 6.69. The summed E-state index contributed by atoms with van der Waals surface area (Å²) in [5.74, 6) is 0.168. The topological polar surface area (TPSA) is 53.6 Å². The fourth-order valence-electron chi connectivity index (χ4n) is 2.55. The second-order valence-electron chi connectivity index (χ2n) is 6.42. The summed E-state index contributed by atoms with van der Waals surface area (Å²) in [6.45, 7) is 0. The average Bonchev–Trinajstić information content (AvgIpc) is 2.70. The molecule has 0 spiro atoms. The second-order valence-corrected chi connectivity index (χ2v) is 7.20. The number of para-hydroxylation sites is 1. The van der Waals surface area contributed by atoms with Gasteiger partial charge in [-0.15, -0.1) is 0 Å². The molecule has 0 atom stereocenters. The van der Waals surface area contributed by atoms with Crippen LogP contribution in [0, 0.1) is 0 Å². The van der Waals surface area contributed by atoms with E-state index in [1.165, 1.54) is 0 Å². The molecule has 0 saturated heterocycles. The number of anilines is 3. The van der Waals surface area contributed by atoms with Crippen LogP contribution in [0.2, 0.25) is 5.02 Å². The SMILES string of the molecule is CN(C)c1ccc(NC(=S)Oc2cccc(C(=O)Nc3ccccc3Cl)c2)cc1. The van der Waals surface area contributed by atoms with E-state index in [4.69, 9.17) is 28.6 Å². The van der Waals surface area contributed by atoms with E-state index >= 15 is 0 Å². The number of hydrogen-bond acceptors (Lipinski definition) is 4. The van der Waals surface area contributed by atoms with Crippen LogP contribution < -0.4 is 20.3 Å². The molecule has 0 aliphatic rings. The van der Waals surface area contributed by atoms with Crippen molar-refractivity contribution in [3.8, 4) is 5.75 Å². The van der Waals surface area contributed by atoms with Gasteiger partial charge >= 0.3 is 0 Å². The van der Waals surface area contributed by atoms with Gasteiger partial charge in [0.15, 0.2) is 0 Å². The van der Waals surface area contributed by atoms with Crippen LogP contribution in [0.3, 0.4) is 0 Å². The van der Waals surface area contributed by atoms with Crippen molar-refractivity contribution < 1.29 is 9.53 Å². The summed E-state index contributed by atoms with van der Waals surface area (Å²) < 4.78 is 5.66. The normalized spacial score (nSPS) is 10.2. The smallest absolute Gasteiger partial charge is 0.266 e. The Labute approximate surface area is 180 Å². The molecule has 0 aliphatic carbocycles. The van der Waals surface area contributed by atoms with Gasteiger partial charge in [0, 0.05) is 31.0 Å². The number of hydrogen-bond donors (Lipinski definition) is 2. The van der Waals surface area contributed by atoms with E-state index in [0.29, 0.717) is 22.0 Å². The molecule has 0 saturated carbocycles. The van der Waals surface area contributed by atoms with Gasteiger partial charge in [-0.05, 0) is 66.8 Å². The monoisotopic (exact) mass is 425 g/mol. The molecule has 0 aliphatic heterocycles. The largest absolute Gasteiger partial charge is 0.432 e. The van der Waals surface area contributed by atoms with Crippen molar-refractivity contribution in [3.05, 3.63) is 83.4 Å². The molecule has 2 N–H and O–H groups in total. The minimum atomic E-state index is -0.290. The van der Waals surface area contributed by atoms with Gasteiger partial charge < -0.3 is 20.3 Å². The Bertz CT molecular complexity index is 1020. The van der Waals surface area contributed by atoms with E-state index in [1.54, 1.807) is 48.5 Å². The first kappa shape index (κ1) is 20.6. The lowest BCUT2D eigenvalue weighted by atomic mass is 10.2. The molecule has 0 fully saturated rings. The summed E-state index contributed by atoms with van der Waals surface area (Å²) in [5, 5.41) is 6.47. The van der Waals surface area contributed by atoms with E-state index in [1.807, 2.05) is 43.3 Å². The molecule has 3 rings (SSSR count). The van der Waals surface area contributed by atoms with E-state index in [2.05, 4.69) is 10.6 Å². The first-order valence-electron chi connectivity index (χ1n) is 8.84. The van der Waals surface area contributed by atoms with E-state index < -0.39 is 0 Å². The molecule has 0 heterocycles. The third-order valence-electron chi connectivity index (χ3n) is 4.06. The molecule has 0 aromatic heterocycles. The van der Waals surface area contributed by atoms with Crippen molar-refractivity contribution in [3.63, 3.8) is 0 Å². The molecule has 7 heteroatoms. The fourth-order valence-corrected chi connectivity index (χ4v) is 2.95. The highest BCUT2D eigenvalue weighted by molar-refractivity contribution is 7.80. The van der Waals surface area contributed by atoms with Gasteiger partial charge in [0.1, 0.15) is 5.75 Å². The maximum absolute atomic E-state index is 12.5. The Morgan fingerprint density at radius 3 is 2.38 bits per heavy atom. The van der Waals surface area contributed by atoms with Gasteiger partial charge in [-0.1, -0.05) is 29.8 Å². The fraction of sp³-hybridized carbons (Fsp3) is 0.0909. The molecular weight excluding hydrogens is 406 g/mol. The number of ether oxygens (including phenoxy) is 1. The van der Waals surface area contributed by atoms with Gasteiger partial charge in [-0.25, -0.2) is 0 Å². The van der Waals surface area contributed by atoms with Gasteiger partial charge in [0.05, 0.1) is 10.7 Å². The molecule has 0 unspecified atom stereocenters. The van der Waals surface area contributed by atoms with Gasteiger partial charge in [-0.2, -0.15) is 0 Å². The van der Waals surface area contributed by atoms with Crippen LogP contribution in [0.5, 0.6) is 5.75 Å². The zero-order chi connectivity index (χ0) is 20.8. The lowest BCUT2D eigenvalue weighted by Gasteiger charge is -2.14. The minimum Gasteiger partial charge on any atom is -0.432 e. The average molecular weight is 426 g/mol. The van der Waals surface area contributed by atoms with Crippen molar-refractivity contribution in [2.75, 3.05) is 29.6 Å². The third kappa shape index (κ3) is 5.70. The summed E-state index contributed by atoms with van der Waals surface area (Å²) in [7, 11) is 3.95. The predicted octanol–water partition coefficient (Wildman–Crippen LogP) is 5.43. The van der Waals surface area contributed by atoms with Crippen LogP contribution in [0.25, 0.3) is 0 Å². The minimum absolute atomic E-state index is 0.186. The standard InChI is InChI=1S/C22H20ClN3O2S/c1-26(2)17-12-10-16(11-13-17)24-22(29)28-18-7-5-6-15(14-18)21(27)25-20-9-4-3-8-19(20)23/h3-14H,1-2H3,(H,24,29)(H,25,27). The molecule has 29 heavy (non-hydrogen) atoms. The maximum Gasteiger partial charge on any atom is 0.266 e. The van der Waals surface area contributed by atoms with Crippen LogP contribution >= 0.6 is 23.8 Å². The molecule has 1 amide bonds. The molecule has 5 nitrogen and oxygen atoms in total.